The number of hydrogen-bond acceptors (Lipinski definition) is 3. The van der Waals surface area contributed by atoms with E-state index in [1.807, 2.05) is 0 Å². The first-order valence-electron chi connectivity index (χ1n) is 8.95. The molecule has 2 atom stereocenters. The maximum absolute atomic E-state index is 3.74. The van der Waals surface area contributed by atoms with Crippen LogP contribution in [0, 0.1) is 5.92 Å². The normalized spacial score (nSPS) is 35.0. The Morgan fingerprint density at radius 3 is 2.40 bits per heavy atom. The average Bonchev–Trinajstić information content (AvgIpc) is 3.02. The quantitative estimate of drug-likeness (QED) is 0.855. The van der Waals surface area contributed by atoms with Gasteiger partial charge in [-0.05, 0) is 84.5 Å². The molecule has 0 aromatic carbocycles. The molecule has 3 heteroatoms. The minimum absolute atomic E-state index is 0.729. The molecule has 0 bridgehead atoms. The molecule has 1 N–H and O–H groups in total. The zero-order valence-corrected chi connectivity index (χ0v) is 13.5. The smallest absolute Gasteiger partial charge is 0.0120 e. The third-order valence-corrected chi connectivity index (χ3v) is 5.90. The van der Waals surface area contributed by atoms with Crippen LogP contribution in [0.2, 0.25) is 0 Å². The molecule has 0 radical (unpaired) electrons. The molecule has 3 aliphatic heterocycles. The second-order valence-electron chi connectivity index (χ2n) is 7.46. The third kappa shape index (κ3) is 3.37. The molecule has 3 heterocycles. The molecule has 116 valence electrons. The van der Waals surface area contributed by atoms with E-state index in [2.05, 4.69) is 29.0 Å². The number of hydrogen-bond donors (Lipinski definition) is 1. The minimum atomic E-state index is 0.729. The topological polar surface area (TPSA) is 18.5 Å². The Kier molecular flexibility index (Phi) is 5.00. The molecule has 0 aromatic rings. The molecule has 0 aliphatic carbocycles. The molecule has 0 amide bonds. The molecule has 3 saturated heterocycles. The Morgan fingerprint density at radius 2 is 1.75 bits per heavy atom. The van der Waals surface area contributed by atoms with Gasteiger partial charge in [-0.1, -0.05) is 0 Å². The summed E-state index contributed by atoms with van der Waals surface area (Å²) in [5, 5.41) is 3.74. The van der Waals surface area contributed by atoms with E-state index in [0.717, 1.165) is 24.0 Å². The van der Waals surface area contributed by atoms with E-state index in [1.165, 1.54) is 71.2 Å². The van der Waals surface area contributed by atoms with Crippen molar-refractivity contribution in [3.63, 3.8) is 0 Å². The van der Waals surface area contributed by atoms with E-state index in [-0.39, 0.29) is 0 Å². The average molecular weight is 279 g/mol. The van der Waals surface area contributed by atoms with Crippen molar-refractivity contribution in [1.29, 1.82) is 0 Å². The number of piperidine rings is 2. The van der Waals surface area contributed by atoms with Crippen LogP contribution in [0.5, 0.6) is 0 Å². The second kappa shape index (κ2) is 6.76. The predicted molar refractivity (Wildman–Crippen MR) is 85.1 cm³/mol. The highest BCUT2D eigenvalue weighted by Crippen LogP contribution is 2.28. The molecule has 20 heavy (non-hydrogen) atoms. The van der Waals surface area contributed by atoms with Gasteiger partial charge >= 0.3 is 0 Å². The van der Waals surface area contributed by atoms with E-state index in [1.54, 1.807) is 0 Å². The second-order valence-corrected chi connectivity index (χ2v) is 7.46. The molecule has 0 saturated carbocycles. The zero-order chi connectivity index (χ0) is 13.9. The van der Waals surface area contributed by atoms with Crippen LogP contribution < -0.4 is 5.32 Å². The first-order valence-corrected chi connectivity index (χ1v) is 8.95. The Morgan fingerprint density at radius 1 is 0.950 bits per heavy atom. The van der Waals surface area contributed by atoms with Crippen LogP contribution in [0.25, 0.3) is 0 Å². The summed E-state index contributed by atoms with van der Waals surface area (Å²) < 4.78 is 0. The lowest BCUT2D eigenvalue weighted by atomic mass is 9.88. The fourth-order valence-electron chi connectivity index (χ4n) is 4.58. The van der Waals surface area contributed by atoms with Crippen molar-refractivity contribution in [2.45, 2.75) is 70.5 Å². The van der Waals surface area contributed by atoms with Gasteiger partial charge in [0.25, 0.3) is 0 Å². The van der Waals surface area contributed by atoms with Crippen LogP contribution in [0.15, 0.2) is 0 Å². The highest BCUT2D eigenvalue weighted by atomic mass is 15.2. The van der Waals surface area contributed by atoms with Crippen LogP contribution in [0.1, 0.15) is 52.4 Å². The van der Waals surface area contributed by atoms with E-state index >= 15 is 0 Å². The molecule has 3 rings (SSSR count). The zero-order valence-electron chi connectivity index (χ0n) is 13.5. The Hall–Kier alpha value is -0.120. The molecule has 0 aromatic heterocycles. The summed E-state index contributed by atoms with van der Waals surface area (Å²) in [6.07, 6.45) is 8.48. The van der Waals surface area contributed by atoms with Crippen molar-refractivity contribution in [2.75, 3.05) is 32.7 Å². The first-order chi connectivity index (χ1) is 9.74. The van der Waals surface area contributed by atoms with Crippen molar-refractivity contribution in [1.82, 2.24) is 15.1 Å². The highest BCUT2D eigenvalue weighted by Gasteiger charge is 2.33. The Bertz CT molecular complexity index is 291. The van der Waals surface area contributed by atoms with Gasteiger partial charge < -0.3 is 10.2 Å². The fraction of sp³-hybridized carbons (Fsp3) is 1.00. The monoisotopic (exact) mass is 279 g/mol. The highest BCUT2D eigenvalue weighted by molar-refractivity contribution is 4.90. The van der Waals surface area contributed by atoms with Gasteiger partial charge in [-0.3, -0.25) is 4.90 Å². The van der Waals surface area contributed by atoms with Gasteiger partial charge in [-0.25, -0.2) is 0 Å². The van der Waals surface area contributed by atoms with Crippen LogP contribution in [-0.2, 0) is 0 Å². The molecule has 3 fully saturated rings. The lowest BCUT2D eigenvalue weighted by Gasteiger charge is -2.44. The van der Waals surface area contributed by atoms with Crippen molar-refractivity contribution >= 4 is 0 Å². The molecular weight excluding hydrogens is 246 g/mol. The van der Waals surface area contributed by atoms with Crippen molar-refractivity contribution in [3.8, 4) is 0 Å². The first kappa shape index (κ1) is 14.8. The van der Waals surface area contributed by atoms with Gasteiger partial charge in [-0.15, -0.1) is 0 Å². The van der Waals surface area contributed by atoms with Crippen molar-refractivity contribution < 1.29 is 0 Å². The molecule has 3 nitrogen and oxygen atoms in total. The van der Waals surface area contributed by atoms with Gasteiger partial charge in [0, 0.05) is 24.7 Å². The maximum Gasteiger partial charge on any atom is 0.0120 e. The number of rotatable bonds is 3. The molecular formula is C17H33N3. The Labute approximate surface area is 125 Å². The summed E-state index contributed by atoms with van der Waals surface area (Å²) in [5.41, 5.74) is 0. The van der Waals surface area contributed by atoms with Gasteiger partial charge in [0.15, 0.2) is 0 Å². The molecule has 3 aliphatic rings. The SMILES string of the molecule is CC(C)N1CCC(N2CCCC(C3CCCN3)C2)CC1. The third-order valence-electron chi connectivity index (χ3n) is 5.90. The number of likely N-dealkylation sites (tertiary alicyclic amines) is 2. The van der Waals surface area contributed by atoms with E-state index in [9.17, 15) is 0 Å². The van der Waals surface area contributed by atoms with Crippen LogP contribution in [0.4, 0.5) is 0 Å². The molecule has 0 spiro atoms. The summed E-state index contributed by atoms with van der Waals surface area (Å²) in [4.78, 5) is 5.49. The van der Waals surface area contributed by atoms with E-state index < -0.39 is 0 Å². The summed E-state index contributed by atoms with van der Waals surface area (Å²) in [6, 6.07) is 2.43. The van der Waals surface area contributed by atoms with Gasteiger partial charge in [0.05, 0.1) is 0 Å². The van der Waals surface area contributed by atoms with Crippen molar-refractivity contribution in [3.05, 3.63) is 0 Å². The fourth-order valence-corrected chi connectivity index (χ4v) is 4.58. The lowest BCUT2D eigenvalue weighted by molar-refractivity contribution is 0.0551. The standard InChI is InChI=1S/C17H33N3/c1-14(2)19-11-7-16(8-12-19)20-10-4-5-15(13-20)17-6-3-9-18-17/h14-18H,3-13H2,1-2H3. The van der Waals surface area contributed by atoms with Gasteiger partial charge in [0.1, 0.15) is 0 Å². The van der Waals surface area contributed by atoms with Gasteiger partial charge in [0.2, 0.25) is 0 Å². The number of nitrogens with one attached hydrogen (secondary N) is 1. The molecule has 2 unspecified atom stereocenters. The van der Waals surface area contributed by atoms with E-state index in [0.29, 0.717) is 0 Å². The van der Waals surface area contributed by atoms with Crippen LogP contribution in [0.3, 0.4) is 0 Å². The summed E-state index contributed by atoms with van der Waals surface area (Å²) >= 11 is 0. The van der Waals surface area contributed by atoms with Gasteiger partial charge in [-0.2, -0.15) is 0 Å². The van der Waals surface area contributed by atoms with Crippen LogP contribution >= 0.6 is 0 Å². The minimum Gasteiger partial charge on any atom is -0.314 e. The van der Waals surface area contributed by atoms with Crippen LogP contribution in [-0.4, -0.2) is 60.6 Å². The maximum atomic E-state index is 3.74. The predicted octanol–water partition coefficient (Wildman–Crippen LogP) is 2.32. The van der Waals surface area contributed by atoms with Crippen molar-refractivity contribution in [2.24, 2.45) is 5.92 Å². The summed E-state index contributed by atoms with van der Waals surface area (Å²) in [7, 11) is 0. The lowest BCUT2D eigenvalue weighted by Crippen LogP contribution is -2.51. The number of nitrogens with zero attached hydrogens (tertiary/aromatic N) is 2. The largest absolute Gasteiger partial charge is 0.314 e. The summed E-state index contributed by atoms with van der Waals surface area (Å²) in [5.74, 6) is 0.925. The van der Waals surface area contributed by atoms with E-state index in [4.69, 9.17) is 0 Å². The Balaban J connectivity index is 1.50. The summed E-state index contributed by atoms with van der Waals surface area (Å²) in [6.45, 7) is 11.3.